The van der Waals surface area contributed by atoms with Crippen molar-refractivity contribution in [3.8, 4) is 11.5 Å². The maximum Gasteiger partial charge on any atom is 0.161 e. The van der Waals surface area contributed by atoms with Gasteiger partial charge in [0.1, 0.15) is 5.82 Å². The van der Waals surface area contributed by atoms with Crippen LogP contribution in [-0.2, 0) is 13.1 Å². The molecular weight excluding hydrogens is 305 g/mol. The second-order valence-electron chi connectivity index (χ2n) is 4.65. The van der Waals surface area contributed by atoms with Gasteiger partial charge in [-0.3, -0.25) is 0 Å². The lowest BCUT2D eigenvalue weighted by molar-refractivity contribution is 0.310. The van der Waals surface area contributed by atoms with E-state index in [9.17, 15) is 4.39 Å². The van der Waals surface area contributed by atoms with Crippen LogP contribution in [0.4, 0.5) is 4.39 Å². The van der Waals surface area contributed by atoms with Gasteiger partial charge in [-0.2, -0.15) is 0 Å². The molecule has 0 aliphatic rings. The smallest absolute Gasteiger partial charge is 0.161 e. The molecule has 0 aliphatic carbocycles. The molecule has 0 aliphatic heterocycles. The molecule has 120 valence electrons. The molecule has 22 heavy (non-hydrogen) atoms. The van der Waals surface area contributed by atoms with E-state index in [1.54, 1.807) is 19.2 Å². The Morgan fingerprint density at radius 3 is 2.23 bits per heavy atom. The van der Waals surface area contributed by atoms with E-state index < -0.39 is 0 Å². The van der Waals surface area contributed by atoms with E-state index in [0.29, 0.717) is 19.7 Å². The Labute approximate surface area is 136 Å². The molecule has 2 aromatic carbocycles. The SMILES string of the molecule is CCOc1cc(CNCc2ccc(F)cc2)ccc1OC.Cl. The summed E-state index contributed by atoms with van der Waals surface area (Å²) in [7, 11) is 1.63. The van der Waals surface area contributed by atoms with Crippen LogP contribution in [0, 0.1) is 5.82 Å². The second-order valence-corrected chi connectivity index (χ2v) is 4.65. The Kier molecular flexibility index (Phi) is 7.71. The Morgan fingerprint density at radius 1 is 0.955 bits per heavy atom. The highest BCUT2D eigenvalue weighted by Crippen LogP contribution is 2.27. The molecule has 0 amide bonds. The fourth-order valence-corrected chi connectivity index (χ4v) is 2.05. The summed E-state index contributed by atoms with van der Waals surface area (Å²) in [5.74, 6) is 1.27. The van der Waals surface area contributed by atoms with E-state index in [-0.39, 0.29) is 18.2 Å². The molecule has 0 fully saturated rings. The van der Waals surface area contributed by atoms with Gasteiger partial charge < -0.3 is 14.8 Å². The number of halogens is 2. The molecule has 5 heteroatoms. The fraction of sp³-hybridized carbons (Fsp3) is 0.294. The first kappa shape index (κ1) is 18.3. The summed E-state index contributed by atoms with van der Waals surface area (Å²) in [4.78, 5) is 0. The van der Waals surface area contributed by atoms with Crippen molar-refractivity contribution in [2.75, 3.05) is 13.7 Å². The first-order valence-electron chi connectivity index (χ1n) is 6.97. The van der Waals surface area contributed by atoms with Crippen molar-refractivity contribution < 1.29 is 13.9 Å². The van der Waals surface area contributed by atoms with Crippen LogP contribution in [-0.4, -0.2) is 13.7 Å². The number of ether oxygens (including phenoxy) is 2. The number of benzene rings is 2. The highest BCUT2D eigenvalue weighted by atomic mass is 35.5. The van der Waals surface area contributed by atoms with Crippen molar-refractivity contribution >= 4 is 12.4 Å². The van der Waals surface area contributed by atoms with Gasteiger partial charge >= 0.3 is 0 Å². The van der Waals surface area contributed by atoms with Gasteiger partial charge in [-0.05, 0) is 42.3 Å². The quantitative estimate of drug-likeness (QED) is 0.836. The van der Waals surface area contributed by atoms with E-state index in [1.165, 1.54) is 12.1 Å². The summed E-state index contributed by atoms with van der Waals surface area (Å²) in [5.41, 5.74) is 2.16. The maximum atomic E-state index is 12.8. The molecule has 0 atom stereocenters. The van der Waals surface area contributed by atoms with Crippen LogP contribution in [0.15, 0.2) is 42.5 Å². The molecule has 0 saturated heterocycles. The summed E-state index contributed by atoms with van der Waals surface area (Å²) in [6.07, 6.45) is 0. The number of hydrogen-bond acceptors (Lipinski definition) is 3. The zero-order valence-corrected chi connectivity index (χ0v) is 13.6. The Balaban J connectivity index is 0.00000242. The summed E-state index contributed by atoms with van der Waals surface area (Å²) < 4.78 is 23.6. The van der Waals surface area contributed by atoms with E-state index in [0.717, 1.165) is 22.6 Å². The normalized spacial score (nSPS) is 9.95. The minimum absolute atomic E-state index is 0. The molecule has 0 spiro atoms. The number of hydrogen-bond donors (Lipinski definition) is 1. The van der Waals surface area contributed by atoms with Gasteiger partial charge in [-0.25, -0.2) is 4.39 Å². The summed E-state index contributed by atoms with van der Waals surface area (Å²) in [6, 6.07) is 12.4. The highest BCUT2D eigenvalue weighted by Gasteiger charge is 2.05. The van der Waals surface area contributed by atoms with E-state index in [1.807, 2.05) is 25.1 Å². The summed E-state index contributed by atoms with van der Waals surface area (Å²) in [6.45, 7) is 3.94. The first-order valence-corrected chi connectivity index (χ1v) is 6.97. The van der Waals surface area contributed by atoms with Crippen molar-refractivity contribution in [3.05, 3.63) is 59.4 Å². The van der Waals surface area contributed by atoms with Crippen molar-refractivity contribution in [2.45, 2.75) is 20.0 Å². The second kappa shape index (κ2) is 9.28. The zero-order valence-electron chi connectivity index (χ0n) is 12.8. The summed E-state index contributed by atoms with van der Waals surface area (Å²) >= 11 is 0. The van der Waals surface area contributed by atoms with Crippen LogP contribution >= 0.6 is 12.4 Å². The Morgan fingerprint density at radius 2 is 1.59 bits per heavy atom. The minimum atomic E-state index is -0.213. The van der Waals surface area contributed by atoms with Crippen LogP contribution in [0.2, 0.25) is 0 Å². The fourth-order valence-electron chi connectivity index (χ4n) is 2.05. The third kappa shape index (κ3) is 5.20. The number of methoxy groups -OCH3 is 1. The van der Waals surface area contributed by atoms with Crippen molar-refractivity contribution in [2.24, 2.45) is 0 Å². The molecule has 0 aromatic heterocycles. The molecule has 0 saturated carbocycles. The largest absolute Gasteiger partial charge is 0.493 e. The standard InChI is InChI=1S/C17H20FNO2.ClH/c1-3-21-17-10-14(6-9-16(17)20-2)12-19-11-13-4-7-15(18)8-5-13;/h4-10,19H,3,11-12H2,1-2H3;1H. The van der Waals surface area contributed by atoms with Crippen molar-refractivity contribution in [3.63, 3.8) is 0 Å². The molecule has 2 aromatic rings. The topological polar surface area (TPSA) is 30.5 Å². The molecule has 3 nitrogen and oxygen atoms in total. The van der Waals surface area contributed by atoms with Crippen LogP contribution in [0.25, 0.3) is 0 Å². The zero-order chi connectivity index (χ0) is 15.1. The van der Waals surface area contributed by atoms with E-state index in [2.05, 4.69) is 5.32 Å². The Bertz CT molecular complexity index is 575. The van der Waals surface area contributed by atoms with E-state index >= 15 is 0 Å². The Hall–Kier alpha value is -1.78. The van der Waals surface area contributed by atoms with Crippen molar-refractivity contribution in [1.29, 1.82) is 0 Å². The van der Waals surface area contributed by atoms with Gasteiger partial charge in [0.05, 0.1) is 13.7 Å². The molecule has 2 rings (SSSR count). The summed E-state index contributed by atoms with van der Waals surface area (Å²) in [5, 5.41) is 3.33. The van der Waals surface area contributed by atoms with Crippen LogP contribution in [0.3, 0.4) is 0 Å². The first-order chi connectivity index (χ1) is 10.2. The monoisotopic (exact) mass is 325 g/mol. The lowest BCUT2D eigenvalue weighted by atomic mass is 10.2. The van der Waals surface area contributed by atoms with Crippen LogP contribution in [0.1, 0.15) is 18.1 Å². The molecule has 0 heterocycles. The number of nitrogens with one attached hydrogen (secondary N) is 1. The molecular formula is C17H21ClFNO2. The van der Waals surface area contributed by atoms with Gasteiger partial charge in [0.2, 0.25) is 0 Å². The lowest BCUT2D eigenvalue weighted by Crippen LogP contribution is -2.12. The predicted octanol–water partition coefficient (Wildman–Crippen LogP) is 3.94. The van der Waals surface area contributed by atoms with Gasteiger partial charge in [0, 0.05) is 13.1 Å². The molecule has 0 bridgehead atoms. The maximum absolute atomic E-state index is 12.8. The van der Waals surface area contributed by atoms with Gasteiger partial charge in [0.15, 0.2) is 11.5 Å². The third-order valence-electron chi connectivity index (χ3n) is 3.10. The van der Waals surface area contributed by atoms with Crippen molar-refractivity contribution in [1.82, 2.24) is 5.32 Å². The highest BCUT2D eigenvalue weighted by molar-refractivity contribution is 5.85. The lowest BCUT2D eigenvalue weighted by Gasteiger charge is -2.11. The molecule has 1 N–H and O–H groups in total. The average molecular weight is 326 g/mol. The third-order valence-corrected chi connectivity index (χ3v) is 3.10. The molecule has 0 radical (unpaired) electrons. The number of rotatable bonds is 7. The van der Waals surface area contributed by atoms with Gasteiger partial charge in [-0.1, -0.05) is 18.2 Å². The van der Waals surface area contributed by atoms with E-state index in [4.69, 9.17) is 9.47 Å². The minimum Gasteiger partial charge on any atom is -0.493 e. The average Bonchev–Trinajstić information content (AvgIpc) is 2.50. The van der Waals surface area contributed by atoms with Gasteiger partial charge in [-0.15, -0.1) is 12.4 Å². The van der Waals surface area contributed by atoms with Crippen LogP contribution in [0.5, 0.6) is 11.5 Å². The predicted molar refractivity (Wildman–Crippen MR) is 88.4 cm³/mol. The molecule has 0 unspecified atom stereocenters. The van der Waals surface area contributed by atoms with Gasteiger partial charge in [0.25, 0.3) is 0 Å². The van der Waals surface area contributed by atoms with Crippen LogP contribution < -0.4 is 14.8 Å².